The van der Waals surface area contributed by atoms with E-state index in [1.54, 1.807) is 0 Å². The van der Waals surface area contributed by atoms with Crippen molar-refractivity contribution in [2.45, 2.75) is 52.4 Å². The Morgan fingerprint density at radius 1 is 1.04 bits per heavy atom. The number of rotatable bonds is 5. The largest absolute Gasteiger partial charge is 0.489 e. The Morgan fingerprint density at radius 2 is 1.63 bits per heavy atom. The minimum atomic E-state index is 0.0637. The number of hydrogen-bond acceptors (Lipinski definition) is 3. The third-order valence-electron chi connectivity index (χ3n) is 4.86. The molecule has 2 atom stereocenters. The maximum atomic E-state index is 12.7. The van der Waals surface area contributed by atoms with E-state index in [9.17, 15) is 4.79 Å². The molecule has 1 saturated heterocycles. The van der Waals surface area contributed by atoms with Crippen molar-refractivity contribution in [1.29, 1.82) is 0 Å². The normalized spacial score (nSPS) is 20.0. The van der Waals surface area contributed by atoms with Gasteiger partial charge in [0.05, 0.1) is 12.2 Å². The molecule has 0 radical (unpaired) electrons. The standard InChI is InChI=1S/C23H29NO3/c1-16(2)20-9-11-22(12-10-20)26-15-19-5-7-21(8-6-19)23(25)24-13-17(3)27-18(4)14-24/h5-12,16-18H,13-15H2,1-4H3/t17-,18-/m1/s1. The monoisotopic (exact) mass is 367 g/mol. The van der Waals surface area contributed by atoms with E-state index in [1.807, 2.05) is 55.1 Å². The summed E-state index contributed by atoms with van der Waals surface area (Å²) in [6, 6.07) is 15.9. The summed E-state index contributed by atoms with van der Waals surface area (Å²) < 4.78 is 11.6. The van der Waals surface area contributed by atoms with Crippen LogP contribution in [0.5, 0.6) is 5.75 Å². The van der Waals surface area contributed by atoms with Crippen molar-refractivity contribution in [2.75, 3.05) is 13.1 Å². The molecule has 0 bridgehead atoms. The van der Waals surface area contributed by atoms with Crippen LogP contribution in [0.4, 0.5) is 0 Å². The number of hydrogen-bond donors (Lipinski definition) is 0. The van der Waals surface area contributed by atoms with E-state index in [-0.39, 0.29) is 18.1 Å². The summed E-state index contributed by atoms with van der Waals surface area (Å²) in [6.07, 6.45) is 0.153. The van der Waals surface area contributed by atoms with Gasteiger partial charge in [-0.2, -0.15) is 0 Å². The third-order valence-corrected chi connectivity index (χ3v) is 4.86. The summed E-state index contributed by atoms with van der Waals surface area (Å²) in [7, 11) is 0. The Morgan fingerprint density at radius 3 is 2.19 bits per heavy atom. The molecule has 0 aromatic heterocycles. The summed E-state index contributed by atoms with van der Waals surface area (Å²) in [5.74, 6) is 1.44. The van der Waals surface area contributed by atoms with Crippen LogP contribution in [0.15, 0.2) is 48.5 Å². The van der Waals surface area contributed by atoms with E-state index < -0.39 is 0 Å². The molecule has 4 heteroatoms. The van der Waals surface area contributed by atoms with Crippen LogP contribution in [0.3, 0.4) is 0 Å². The van der Waals surface area contributed by atoms with Crippen molar-refractivity contribution in [3.8, 4) is 5.75 Å². The number of amides is 1. The smallest absolute Gasteiger partial charge is 0.254 e. The van der Waals surface area contributed by atoms with Crippen molar-refractivity contribution < 1.29 is 14.3 Å². The second kappa shape index (κ2) is 8.57. The van der Waals surface area contributed by atoms with Gasteiger partial charge in [-0.1, -0.05) is 38.1 Å². The fourth-order valence-corrected chi connectivity index (χ4v) is 3.39. The second-order valence-electron chi connectivity index (χ2n) is 7.68. The van der Waals surface area contributed by atoms with Gasteiger partial charge in [0.15, 0.2) is 0 Å². The molecule has 1 fully saturated rings. The van der Waals surface area contributed by atoms with Gasteiger partial charge in [0, 0.05) is 18.7 Å². The van der Waals surface area contributed by atoms with E-state index in [0.29, 0.717) is 31.2 Å². The van der Waals surface area contributed by atoms with Gasteiger partial charge < -0.3 is 14.4 Å². The first kappa shape index (κ1) is 19.4. The average Bonchev–Trinajstić information content (AvgIpc) is 2.66. The molecule has 0 saturated carbocycles. The molecule has 27 heavy (non-hydrogen) atoms. The van der Waals surface area contributed by atoms with E-state index in [0.717, 1.165) is 11.3 Å². The maximum absolute atomic E-state index is 12.7. The molecule has 0 unspecified atom stereocenters. The van der Waals surface area contributed by atoms with Crippen LogP contribution in [0.25, 0.3) is 0 Å². The molecular formula is C23H29NO3. The Labute approximate surface area is 162 Å². The zero-order valence-electron chi connectivity index (χ0n) is 16.6. The van der Waals surface area contributed by atoms with Gasteiger partial charge in [-0.25, -0.2) is 0 Å². The molecule has 0 spiro atoms. The van der Waals surface area contributed by atoms with E-state index in [1.165, 1.54) is 5.56 Å². The Hall–Kier alpha value is -2.33. The van der Waals surface area contributed by atoms with Gasteiger partial charge in [0.25, 0.3) is 5.91 Å². The van der Waals surface area contributed by atoms with Crippen molar-refractivity contribution in [3.05, 3.63) is 65.2 Å². The first-order chi connectivity index (χ1) is 12.9. The van der Waals surface area contributed by atoms with E-state index >= 15 is 0 Å². The molecule has 4 nitrogen and oxygen atoms in total. The fourth-order valence-electron chi connectivity index (χ4n) is 3.39. The predicted molar refractivity (Wildman–Crippen MR) is 107 cm³/mol. The molecule has 2 aromatic rings. The second-order valence-corrected chi connectivity index (χ2v) is 7.68. The number of nitrogens with zero attached hydrogens (tertiary/aromatic N) is 1. The average molecular weight is 367 g/mol. The van der Waals surface area contributed by atoms with Crippen molar-refractivity contribution in [2.24, 2.45) is 0 Å². The van der Waals surface area contributed by atoms with E-state index in [2.05, 4.69) is 26.0 Å². The molecule has 1 aliphatic rings. The SMILES string of the molecule is CC(C)c1ccc(OCc2ccc(C(=O)N3C[C@@H](C)O[C@H](C)C3)cc2)cc1. The van der Waals surface area contributed by atoms with Gasteiger partial charge in [-0.15, -0.1) is 0 Å². The number of morpholine rings is 1. The molecule has 0 N–H and O–H groups in total. The van der Waals surface area contributed by atoms with E-state index in [4.69, 9.17) is 9.47 Å². The molecule has 0 aliphatic carbocycles. The lowest BCUT2D eigenvalue weighted by Crippen LogP contribution is -2.48. The number of benzene rings is 2. The zero-order valence-corrected chi connectivity index (χ0v) is 16.6. The Balaban J connectivity index is 1.57. The molecule has 1 aliphatic heterocycles. The predicted octanol–water partition coefficient (Wildman–Crippen LogP) is 4.64. The number of carbonyl (C=O) groups excluding carboxylic acids is 1. The zero-order chi connectivity index (χ0) is 19.4. The lowest BCUT2D eigenvalue weighted by Gasteiger charge is -2.35. The van der Waals surface area contributed by atoms with Gasteiger partial charge in [0.1, 0.15) is 12.4 Å². The van der Waals surface area contributed by atoms with Crippen LogP contribution < -0.4 is 4.74 Å². The van der Waals surface area contributed by atoms with Crippen molar-refractivity contribution in [1.82, 2.24) is 4.90 Å². The van der Waals surface area contributed by atoms with Crippen LogP contribution in [0.2, 0.25) is 0 Å². The highest BCUT2D eigenvalue weighted by molar-refractivity contribution is 5.94. The minimum Gasteiger partial charge on any atom is -0.489 e. The summed E-state index contributed by atoms with van der Waals surface area (Å²) in [4.78, 5) is 14.6. The van der Waals surface area contributed by atoms with Crippen molar-refractivity contribution in [3.63, 3.8) is 0 Å². The van der Waals surface area contributed by atoms with Crippen molar-refractivity contribution >= 4 is 5.91 Å². The Kier molecular flexibility index (Phi) is 6.17. The van der Waals surface area contributed by atoms with Crippen LogP contribution in [0, 0.1) is 0 Å². The van der Waals surface area contributed by atoms with Gasteiger partial charge in [-0.3, -0.25) is 4.79 Å². The lowest BCUT2D eigenvalue weighted by molar-refractivity contribution is -0.0586. The van der Waals surface area contributed by atoms with Crippen LogP contribution in [0.1, 0.15) is 55.1 Å². The Bertz CT molecular complexity index is 742. The third kappa shape index (κ3) is 5.10. The highest BCUT2D eigenvalue weighted by atomic mass is 16.5. The maximum Gasteiger partial charge on any atom is 0.254 e. The van der Waals surface area contributed by atoms with Crippen LogP contribution in [-0.4, -0.2) is 36.1 Å². The highest BCUT2D eigenvalue weighted by Gasteiger charge is 2.26. The van der Waals surface area contributed by atoms with Crippen LogP contribution in [-0.2, 0) is 11.3 Å². The number of ether oxygens (including phenoxy) is 2. The van der Waals surface area contributed by atoms with Gasteiger partial charge in [-0.05, 0) is 55.2 Å². The molecule has 2 aromatic carbocycles. The first-order valence-corrected chi connectivity index (χ1v) is 9.69. The highest BCUT2D eigenvalue weighted by Crippen LogP contribution is 2.20. The quantitative estimate of drug-likeness (QED) is 0.773. The summed E-state index contributed by atoms with van der Waals surface area (Å²) in [5, 5.41) is 0. The summed E-state index contributed by atoms with van der Waals surface area (Å²) in [6.45, 7) is 10.1. The summed E-state index contributed by atoms with van der Waals surface area (Å²) >= 11 is 0. The topological polar surface area (TPSA) is 38.8 Å². The lowest BCUT2D eigenvalue weighted by atomic mass is 10.0. The fraction of sp³-hybridized carbons (Fsp3) is 0.435. The molecule has 1 heterocycles. The molecule has 144 valence electrons. The summed E-state index contributed by atoms with van der Waals surface area (Å²) in [5.41, 5.74) is 3.06. The van der Waals surface area contributed by atoms with Gasteiger partial charge >= 0.3 is 0 Å². The van der Waals surface area contributed by atoms with Crippen LogP contribution >= 0.6 is 0 Å². The molecular weight excluding hydrogens is 338 g/mol. The first-order valence-electron chi connectivity index (χ1n) is 9.69. The van der Waals surface area contributed by atoms with Gasteiger partial charge in [0.2, 0.25) is 0 Å². The minimum absolute atomic E-state index is 0.0637. The number of carbonyl (C=O) groups is 1. The molecule has 1 amide bonds. The molecule has 3 rings (SSSR count).